The molecule has 5 N–H and O–H groups in total. The second-order valence-corrected chi connectivity index (χ2v) is 20.2. The molecule has 18 nitrogen and oxygen atoms in total. The van der Waals surface area contributed by atoms with E-state index in [1.54, 1.807) is 0 Å². The summed E-state index contributed by atoms with van der Waals surface area (Å²) in [6, 6.07) is 44.7. The molecular formula is C56H68N3O15P. The van der Waals surface area contributed by atoms with E-state index in [0.717, 1.165) is 27.8 Å². The maximum Gasteiger partial charge on any atom is 0.407 e. The third-order valence-corrected chi connectivity index (χ3v) is 13.8. The lowest BCUT2D eigenvalue weighted by Gasteiger charge is -2.47. The third-order valence-electron chi connectivity index (χ3n) is 12.4. The Morgan fingerprint density at radius 3 is 1.40 bits per heavy atom. The summed E-state index contributed by atoms with van der Waals surface area (Å²) in [4.78, 5) is 50.3. The molecule has 2 aliphatic heterocycles. The molecule has 1 unspecified atom stereocenters. The molecule has 0 spiro atoms. The predicted molar refractivity (Wildman–Crippen MR) is 276 cm³/mol. The first-order chi connectivity index (χ1) is 36.4. The fourth-order valence-corrected chi connectivity index (χ4v) is 10.1. The first-order valence-electron chi connectivity index (χ1n) is 25.0. The number of rotatable bonds is 27. The molecule has 19 heteroatoms. The molecule has 11 atom stereocenters. The highest BCUT2D eigenvalue weighted by Gasteiger charge is 2.52. The largest absolute Gasteiger partial charge is 0.445 e. The van der Waals surface area contributed by atoms with Gasteiger partial charge in [-0.25, -0.2) is 4.79 Å². The van der Waals surface area contributed by atoms with Crippen molar-refractivity contribution in [3.05, 3.63) is 179 Å². The molecule has 7 rings (SSSR count). The van der Waals surface area contributed by atoms with Crippen molar-refractivity contribution in [2.24, 2.45) is 0 Å². The van der Waals surface area contributed by atoms with Crippen molar-refractivity contribution in [2.75, 3.05) is 32.5 Å². The van der Waals surface area contributed by atoms with Crippen molar-refractivity contribution in [3.8, 4) is 0 Å². The van der Waals surface area contributed by atoms with E-state index in [9.17, 15) is 28.9 Å². The molecule has 0 aliphatic carbocycles. The smallest absolute Gasteiger partial charge is 0.407 e. The molecule has 5 aromatic carbocycles. The summed E-state index contributed by atoms with van der Waals surface area (Å²) >= 11 is 0. The Bertz CT molecular complexity index is 2520. The van der Waals surface area contributed by atoms with Gasteiger partial charge < -0.3 is 68.4 Å². The second-order valence-electron chi connectivity index (χ2n) is 18.3. The number of hydrogen-bond acceptors (Lipinski definition) is 14. The van der Waals surface area contributed by atoms with Crippen LogP contribution in [-0.2, 0) is 89.6 Å². The van der Waals surface area contributed by atoms with Crippen LogP contribution in [0.25, 0.3) is 0 Å². The Balaban J connectivity index is 1.12. The van der Waals surface area contributed by atoms with Crippen molar-refractivity contribution in [1.29, 1.82) is 0 Å². The highest BCUT2D eigenvalue weighted by Crippen LogP contribution is 2.46. The van der Waals surface area contributed by atoms with Crippen LogP contribution in [-0.4, -0.2) is 122 Å². The van der Waals surface area contributed by atoms with E-state index in [1.165, 1.54) is 13.8 Å². The molecular weight excluding hydrogens is 986 g/mol. The van der Waals surface area contributed by atoms with Gasteiger partial charge in [0, 0.05) is 20.4 Å². The average molecular weight is 1050 g/mol. The normalized spacial score (nSPS) is 24.3. The minimum Gasteiger partial charge on any atom is -0.445 e. The number of carbonyl (C=O) groups is 3. The number of carbonyl (C=O) groups excluding carboxylic acids is 3. The van der Waals surface area contributed by atoms with E-state index in [1.807, 2.05) is 152 Å². The van der Waals surface area contributed by atoms with E-state index in [0.29, 0.717) is 6.42 Å². The zero-order valence-corrected chi connectivity index (χ0v) is 43.0. The summed E-state index contributed by atoms with van der Waals surface area (Å²) in [5, 5.41) is 19.3. The molecule has 0 aromatic heterocycles. The fraction of sp³-hybridized carbons (Fsp3) is 0.411. The number of ether oxygens (including phenoxy) is 8. The van der Waals surface area contributed by atoms with Gasteiger partial charge in [0.2, 0.25) is 11.8 Å². The van der Waals surface area contributed by atoms with Crippen LogP contribution in [0.5, 0.6) is 0 Å². The van der Waals surface area contributed by atoms with E-state index in [2.05, 4.69) is 16.0 Å². The number of benzene rings is 5. The average Bonchev–Trinajstić information content (AvgIpc) is 3.42. The molecule has 5 aromatic rings. The van der Waals surface area contributed by atoms with Crippen molar-refractivity contribution < 1.29 is 71.4 Å². The lowest BCUT2D eigenvalue weighted by atomic mass is 9.92. The minimum atomic E-state index is -4.73. The van der Waals surface area contributed by atoms with Gasteiger partial charge in [-0.1, -0.05) is 152 Å². The zero-order chi connectivity index (χ0) is 52.8. The molecule has 2 aliphatic rings. The van der Waals surface area contributed by atoms with Gasteiger partial charge in [0.15, 0.2) is 6.29 Å². The highest BCUT2D eigenvalue weighted by atomic mass is 31.2. The minimum absolute atomic E-state index is 0.0336. The monoisotopic (exact) mass is 1050 g/mol. The second kappa shape index (κ2) is 29.4. The van der Waals surface area contributed by atoms with Gasteiger partial charge in [-0.05, 0) is 34.2 Å². The Morgan fingerprint density at radius 1 is 0.533 bits per heavy atom. The topological polar surface area (TPSA) is 228 Å². The number of hydrogen-bond donors (Lipinski definition) is 5. The van der Waals surface area contributed by atoms with Crippen molar-refractivity contribution in [3.63, 3.8) is 0 Å². The maximum absolute atomic E-state index is 14.6. The predicted octanol–water partition coefficient (Wildman–Crippen LogP) is 6.36. The Morgan fingerprint density at radius 2 is 0.947 bits per heavy atom. The molecule has 0 radical (unpaired) electrons. The van der Waals surface area contributed by atoms with Gasteiger partial charge in [0.1, 0.15) is 49.3 Å². The molecule has 3 amide bonds. The Hall–Kier alpha value is -5.86. The van der Waals surface area contributed by atoms with Crippen molar-refractivity contribution in [2.45, 2.75) is 114 Å². The van der Waals surface area contributed by atoms with Gasteiger partial charge in [-0.2, -0.15) is 0 Å². The van der Waals surface area contributed by atoms with E-state index >= 15 is 0 Å². The van der Waals surface area contributed by atoms with Crippen molar-refractivity contribution >= 4 is 25.5 Å². The first-order valence-corrected chi connectivity index (χ1v) is 26.8. The number of aliphatic hydroxyl groups excluding tert-OH is 1. The van der Waals surface area contributed by atoms with Crippen LogP contribution in [0.4, 0.5) is 4.79 Å². The molecule has 2 saturated heterocycles. The summed E-state index contributed by atoms with van der Waals surface area (Å²) in [6.07, 6.45) is -9.55. The first kappa shape index (κ1) is 56.9. The molecule has 2 fully saturated rings. The highest BCUT2D eigenvalue weighted by molar-refractivity contribution is 7.52. The van der Waals surface area contributed by atoms with Gasteiger partial charge >= 0.3 is 13.7 Å². The van der Waals surface area contributed by atoms with E-state index in [4.69, 9.17) is 42.4 Å². The van der Waals surface area contributed by atoms with Crippen LogP contribution in [0.1, 0.15) is 48.1 Å². The quantitative estimate of drug-likeness (QED) is 0.0285. The fourth-order valence-electron chi connectivity index (χ4n) is 8.87. The van der Waals surface area contributed by atoms with Crippen LogP contribution in [0.15, 0.2) is 152 Å². The number of aliphatic hydroxyl groups is 1. The summed E-state index contributed by atoms with van der Waals surface area (Å²) in [5.74, 6) is -0.875. The lowest BCUT2D eigenvalue weighted by Crippen LogP contribution is -2.66. The molecule has 402 valence electrons. The molecule has 2 heterocycles. The SMILES string of the molecule is CC(=O)N[C@@H]1[C@@H](OCCCNC(=O)OCc2ccccc2)O[C@H](COP(=O)(O)C[C@H]2O[C@H](CO)[C@@H](OCc3ccccc3)[C@H](OCc3ccccc3)[C@@H]2NC(C)=O)[C@@H](OCc2ccccc2)[C@@H]1OCc1ccccc1. The zero-order valence-electron chi connectivity index (χ0n) is 42.1. The summed E-state index contributed by atoms with van der Waals surface area (Å²) in [5.41, 5.74) is 4.13. The number of alkyl carbamates (subject to hydrolysis) is 1. The maximum atomic E-state index is 14.6. The molecule has 0 bridgehead atoms. The summed E-state index contributed by atoms with van der Waals surface area (Å²) in [6.45, 7) is 2.24. The third kappa shape index (κ3) is 18.2. The number of amides is 3. The van der Waals surface area contributed by atoms with Crippen LogP contribution in [0.3, 0.4) is 0 Å². The van der Waals surface area contributed by atoms with Crippen LogP contribution < -0.4 is 16.0 Å². The van der Waals surface area contributed by atoms with Gasteiger partial charge in [-0.3, -0.25) is 14.2 Å². The van der Waals surface area contributed by atoms with Crippen LogP contribution in [0, 0.1) is 0 Å². The van der Waals surface area contributed by atoms with E-state index < -0.39 is 106 Å². The standard InChI is InChI=1S/C56H68N3O15P/c1-39(61)58-49-48(73-46(31-60)51(67-32-41-19-8-3-9-20-41)53(49)69-34-43-23-12-5-13-24-43)38-75(64,65)72-37-47-52(68-33-42-21-10-4-11-22-42)54(70-35-44-25-14-6-15-26-44)50(59-40(2)62)55(74-47)66-30-18-29-57-56(63)71-36-45-27-16-7-17-28-45/h3-17,19-28,46-55,60H,18,29-38H2,1-2H3,(H,57,63)(H,58,61)(H,59,62)(H,64,65)/t46-,47-,48-,49-,50+,51-,52-,53-,54-,55+/m1/s1. The Kier molecular flexibility index (Phi) is 22.3. The van der Waals surface area contributed by atoms with Gasteiger partial charge in [0.05, 0.1) is 64.6 Å². The van der Waals surface area contributed by atoms with Gasteiger partial charge in [-0.15, -0.1) is 0 Å². The van der Waals surface area contributed by atoms with Gasteiger partial charge in [0.25, 0.3) is 0 Å². The van der Waals surface area contributed by atoms with Crippen molar-refractivity contribution in [1.82, 2.24) is 16.0 Å². The van der Waals surface area contributed by atoms with Crippen LogP contribution >= 0.6 is 7.60 Å². The van der Waals surface area contributed by atoms with Crippen LogP contribution in [0.2, 0.25) is 0 Å². The number of nitrogens with one attached hydrogen (secondary N) is 3. The lowest BCUT2D eigenvalue weighted by molar-refractivity contribution is -0.287. The Labute approximate surface area is 437 Å². The summed E-state index contributed by atoms with van der Waals surface area (Å²) < 4.78 is 71.4. The van der Waals surface area contributed by atoms with E-state index in [-0.39, 0.29) is 46.2 Å². The molecule has 0 saturated carbocycles. The summed E-state index contributed by atoms with van der Waals surface area (Å²) in [7, 11) is -4.73. The molecule has 75 heavy (non-hydrogen) atoms.